The standard InChI is InChI=1S/C27H31F6N5OS.C2H6/c28-26(29,30)19-3-5-21(6-4-19)38-16-14-36(15-17-38)11-1-2-25(40)34-20-9-12-37(13-10-20)22-7-8-24(35-39)23(18-22)27(31,32)33;1-2/h3-8,18,20H,1-2,9-17H2,(H,34,40);1-2H3. The molecule has 0 saturated carbocycles. The number of nitrogens with one attached hydrogen (secondary N) is 1. The summed E-state index contributed by atoms with van der Waals surface area (Å²) in [5, 5.41) is 5.89. The van der Waals surface area contributed by atoms with Crippen LogP contribution < -0.4 is 15.1 Å². The molecule has 2 aromatic rings. The maximum absolute atomic E-state index is 13.3. The van der Waals surface area contributed by atoms with E-state index in [-0.39, 0.29) is 6.04 Å². The lowest BCUT2D eigenvalue weighted by atomic mass is 10.0. The number of halogens is 6. The highest BCUT2D eigenvalue weighted by molar-refractivity contribution is 7.80. The first-order valence-electron chi connectivity index (χ1n) is 14.2. The van der Waals surface area contributed by atoms with Gasteiger partial charge in [-0.05, 0) is 79.9 Å². The molecule has 2 aromatic carbocycles. The minimum absolute atomic E-state index is 0.147. The fourth-order valence-electron chi connectivity index (χ4n) is 5.16. The number of benzene rings is 2. The first-order chi connectivity index (χ1) is 19.9. The van der Waals surface area contributed by atoms with Gasteiger partial charge in [-0.2, -0.15) is 26.3 Å². The lowest BCUT2D eigenvalue weighted by Crippen LogP contribution is -2.47. The van der Waals surface area contributed by atoms with Gasteiger partial charge >= 0.3 is 12.4 Å². The summed E-state index contributed by atoms with van der Waals surface area (Å²) < 4.78 is 78.2. The van der Waals surface area contributed by atoms with Gasteiger partial charge in [0.25, 0.3) is 0 Å². The SMILES string of the molecule is CC.O=Nc1ccc(N2CCC(NC(=S)CCCN3CCN(c4ccc(C(F)(F)F)cc4)CC3)CC2)cc1C(F)(F)F. The summed E-state index contributed by atoms with van der Waals surface area (Å²) in [5.74, 6) is 0. The van der Waals surface area contributed by atoms with Crippen LogP contribution in [-0.4, -0.2) is 61.7 Å². The lowest BCUT2D eigenvalue weighted by Gasteiger charge is -2.36. The van der Waals surface area contributed by atoms with Gasteiger partial charge in [-0.15, -0.1) is 4.91 Å². The second-order valence-corrected chi connectivity index (χ2v) is 10.6. The van der Waals surface area contributed by atoms with Gasteiger partial charge in [-0.1, -0.05) is 26.1 Å². The van der Waals surface area contributed by atoms with Crippen LogP contribution in [0.3, 0.4) is 0 Å². The molecule has 2 aliphatic rings. The number of nitrogens with zero attached hydrogens (tertiary/aromatic N) is 4. The zero-order chi connectivity index (χ0) is 30.9. The number of nitroso groups, excluding NO2 is 1. The van der Waals surface area contributed by atoms with E-state index in [1.165, 1.54) is 18.2 Å². The maximum Gasteiger partial charge on any atom is 0.418 e. The van der Waals surface area contributed by atoms with Crippen LogP contribution in [0.25, 0.3) is 0 Å². The molecular weight excluding hydrogens is 580 g/mol. The van der Waals surface area contributed by atoms with Crippen molar-refractivity contribution < 1.29 is 26.3 Å². The van der Waals surface area contributed by atoms with Crippen molar-refractivity contribution in [3.63, 3.8) is 0 Å². The number of hydrogen-bond acceptors (Lipinski definition) is 6. The smallest absolute Gasteiger partial charge is 0.377 e. The van der Waals surface area contributed by atoms with E-state index in [1.807, 2.05) is 18.7 Å². The van der Waals surface area contributed by atoms with E-state index >= 15 is 0 Å². The molecule has 1 N–H and O–H groups in total. The molecule has 0 aromatic heterocycles. The Bertz CT molecular complexity index is 1160. The van der Waals surface area contributed by atoms with Crippen molar-refractivity contribution in [2.45, 2.75) is 57.9 Å². The van der Waals surface area contributed by atoms with E-state index in [0.717, 1.165) is 93.3 Å². The van der Waals surface area contributed by atoms with Crippen LogP contribution in [0.1, 0.15) is 50.7 Å². The molecule has 0 aliphatic carbocycles. The molecule has 2 heterocycles. The molecule has 4 rings (SSSR count). The highest BCUT2D eigenvalue weighted by atomic mass is 32.1. The largest absolute Gasteiger partial charge is 0.418 e. The Morgan fingerprint density at radius 1 is 0.857 bits per heavy atom. The number of hydrogen-bond donors (Lipinski definition) is 1. The predicted molar refractivity (Wildman–Crippen MR) is 159 cm³/mol. The fraction of sp³-hybridized carbons (Fsp3) is 0.552. The summed E-state index contributed by atoms with van der Waals surface area (Å²) >= 11 is 5.53. The van der Waals surface area contributed by atoms with Crippen LogP contribution in [0, 0.1) is 4.91 Å². The highest BCUT2D eigenvalue weighted by Gasteiger charge is 2.35. The molecule has 0 bridgehead atoms. The minimum atomic E-state index is -4.65. The summed E-state index contributed by atoms with van der Waals surface area (Å²) in [6, 6.07) is 9.02. The van der Waals surface area contributed by atoms with Crippen molar-refractivity contribution in [2.75, 3.05) is 55.6 Å². The van der Waals surface area contributed by atoms with E-state index < -0.39 is 29.2 Å². The fourth-order valence-corrected chi connectivity index (χ4v) is 5.47. The molecule has 6 nitrogen and oxygen atoms in total. The maximum atomic E-state index is 13.3. The number of piperazine rings is 1. The van der Waals surface area contributed by atoms with Crippen molar-refractivity contribution in [3.8, 4) is 0 Å². The van der Waals surface area contributed by atoms with Gasteiger partial charge in [0.15, 0.2) is 0 Å². The van der Waals surface area contributed by atoms with Crippen molar-refractivity contribution >= 4 is 34.3 Å². The first kappa shape index (κ1) is 33.6. The van der Waals surface area contributed by atoms with Crippen molar-refractivity contribution in [3.05, 3.63) is 58.5 Å². The first-order valence-corrected chi connectivity index (χ1v) is 14.6. The monoisotopic (exact) mass is 617 g/mol. The molecule has 0 radical (unpaired) electrons. The van der Waals surface area contributed by atoms with E-state index in [4.69, 9.17) is 12.2 Å². The summed E-state index contributed by atoms with van der Waals surface area (Å²) in [6.45, 7) is 9.12. The van der Waals surface area contributed by atoms with Crippen LogP contribution in [-0.2, 0) is 12.4 Å². The summed E-state index contributed by atoms with van der Waals surface area (Å²) in [5.41, 5.74) is -1.08. The molecular formula is C29H37F6N5OS. The molecule has 0 spiro atoms. The molecule has 42 heavy (non-hydrogen) atoms. The minimum Gasteiger partial charge on any atom is -0.377 e. The van der Waals surface area contributed by atoms with E-state index in [0.29, 0.717) is 18.8 Å². The third kappa shape index (κ3) is 9.29. The summed E-state index contributed by atoms with van der Waals surface area (Å²) in [4.78, 5) is 17.8. The van der Waals surface area contributed by atoms with Crippen molar-refractivity contribution in [2.24, 2.45) is 5.18 Å². The second kappa shape index (κ2) is 15.0. The topological polar surface area (TPSA) is 51.2 Å². The Morgan fingerprint density at radius 2 is 1.43 bits per heavy atom. The second-order valence-electron chi connectivity index (χ2n) is 10.1. The molecule has 2 aliphatic heterocycles. The summed E-state index contributed by atoms with van der Waals surface area (Å²) in [6.07, 6.45) is -5.93. The molecule has 2 fully saturated rings. The normalized spacial score (nSPS) is 17.0. The predicted octanol–water partition coefficient (Wildman–Crippen LogP) is 7.64. The Labute approximate surface area is 248 Å². The van der Waals surface area contributed by atoms with Gasteiger partial charge in [0.05, 0.1) is 16.1 Å². The average Bonchev–Trinajstić information content (AvgIpc) is 2.98. The highest BCUT2D eigenvalue weighted by Crippen LogP contribution is 2.39. The average molecular weight is 618 g/mol. The molecule has 2 saturated heterocycles. The van der Waals surface area contributed by atoms with Gasteiger partial charge < -0.3 is 15.1 Å². The third-order valence-corrected chi connectivity index (χ3v) is 7.74. The zero-order valence-corrected chi connectivity index (χ0v) is 24.6. The van der Waals surface area contributed by atoms with Gasteiger partial charge in [0, 0.05) is 56.7 Å². The quantitative estimate of drug-likeness (QED) is 0.187. The van der Waals surface area contributed by atoms with Gasteiger partial charge in [0.1, 0.15) is 5.69 Å². The Morgan fingerprint density at radius 3 is 1.98 bits per heavy atom. The summed E-state index contributed by atoms with van der Waals surface area (Å²) in [7, 11) is 0. The molecule has 0 unspecified atom stereocenters. The number of alkyl halides is 6. The van der Waals surface area contributed by atoms with Crippen LogP contribution in [0.5, 0.6) is 0 Å². The Hall–Kier alpha value is -2.93. The number of piperidine rings is 1. The third-order valence-electron chi connectivity index (χ3n) is 7.42. The molecule has 0 amide bonds. The van der Waals surface area contributed by atoms with Gasteiger partial charge in [-0.3, -0.25) is 4.90 Å². The van der Waals surface area contributed by atoms with E-state index in [1.54, 1.807) is 0 Å². The Kier molecular flexibility index (Phi) is 12.0. The number of thiocarbonyl (C=S) groups is 1. The van der Waals surface area contributed by atoms with Crippen molar-refractivity contribution in [1.29, 1.82) is 0 Å². The number of rotatable bonds is 8. The number of anilines is 2. The van der Waals surface area contributed by atoms with Crippen LogP contribution in [0.15, 0.2) is 47.6 Å². The van der Waals surface area contributed by atoms with E-state index in [9.17, 15) is 31.2 Å². The van der Waals surface area contributed by atoms with Crippen LogP contribution >= 0.6 is 12.2 Å². The molecule has 13 heteroatoms. The van der Waals surface area contributed by atoms with Crippen LogP contribution in [0.2, 0.25) is 0 Å². The van der Waals surface area contributed by atoms with Gasteiger partial charge in [-0.25, -0.2) is 0 Å². The zero-order valence-electron chi connectivity index (χ0n) is 23.8. The van der Waals surface area contributed by atoms with Crippen LogP contribution in [0.4, 0.5) is 43.4 Å². The van der Waals surface area contributed by atoms with Crippen molar-refractivity contribution in [1.82, 2.24) is 10.2 Å². The van der Waals surface area contributed by atoms with Gasteiger partial charge in [0.2, 0.25) is 0 Å². The Balaban J connectivity index is 0.00000237. The molecule has 0 atom stereocenters. The lowest BCUT2D eigenvalue weighted by molar-refractivity contribution is -0.138. The van der Waals surface area contributed by atoms with E-state index in [2.05, 4.69) is 20.3 Å². The molecule has 232 valence electrons.